The molecule has 0 amide bonds. The second-order valence-corrected chi connectivity index (χ2v) is 10.6. The predicted molar refractivity (Wildman–Crippen MR) is 143 cm³/mol. The summed E-state index contributed by atoms with van der Waals surface area (Å²) < 4.78 is 135. The van der Waals surface area contributed by atoms with Crippen LogP contribution in [0.3, 0.4) is 0 Å². The van der Waals surface area contributed by atoms with Crippen LogP contribution in [-0.2, 0) is 6.18 Å². The first-order chi connectivity index (χ1) is 18.1. The molecule has 0 saturated carbocycles. The van der Waals surface area contributed by atoms with Crippen LogP contribution in [0.5, 0.6) is 0 Å². The van der Waals surface area contributed by atoms with Crippen molar-refractivity contribution in [3.05, 3.63) is 73.7 Å². The minimum absolute atomic E-state index is 0.0657. The zero-order chi connectivity index (χ0) is 30.8. The molecule has 0 spiro atoms. The van der Waals surface area contributed by atoms with E-state index in [0.29, 0.717) is 0 Å². The van der Waals surface area contributed by atoms with E-state index < -0.39 is 65.0 Å². The van der Waals surface area contributed by atoms with E-state index in [9.17, 15) is 39.5 Å². The summed E-state index contributed by atoms with van der Waals surface area (Å²) in [6.07, 6.45) is -15.1. The molecule has 0 aliphatic heterocycles. The summed E-state index contributed by atoms with van der Waals surface area (Å²) in [7, 11) is 0. The molecule has 2 aromatic carbocycles. The first kappa shape index (κ1) is 34.5. The topological polar surface area (TPSA) is 12.0 Å². The summed E-state index contributed by atoms with van der Waals surface area (Å²) in [4.78, 5) is -0.648. The number of alkyl halides is 9. The Kier molecular flexibility index (Phi) is 11.3. The van der Waals surface area contributed by atoms with Gasteiger partial charge in [-0.05, 0) is 36.3 Å². The van der Waals surface area contributed by atoms with Gasteiger partial charge in [-0.25, -0.2) is 4.39 Å². The molecule has 2 atom stereocenters. The Balaban J connectivity index is 2.45. The number of hydrogen-bond donors (Lipinski definition) is 1. The summed E-state index contributed by atoms with van der Waals surface area (Å²) in [6.45, 7) is -0.112. The number of benzene rings is 2. The lowest BCUT2D eigenvalue weighted by Crippen LogP contribution is -2.36. The molecule has 1 nitrogen and oxygen atoms in total. The van der Waals surface area contributed by atoms with Gasteiger partial charge < -0.3 is 5.32 Å². The van der Waals surface area contributed by atoms with Gasteiger partial charge in [0.1, 0.15) is 18.3 Å². The van der Waals surface area contributed by atoms with Crippen molar-refractivity contribution in [3.8, 4) is 0 Å². The highest BCUT2D eigenvalue weighted by Crippen LogP contribution is 2.43. The lowest BCUT2D eigenvalue weighted by atomic mass is 9.93. The third kappa shape index (κ3) is 9.43. The molecule has 2 rings (SSSR count). The Hall–Kier alpha value is -1.67. The van der Waals surface area contributed by atoms with Crippen LogP contribution >= 0.6 is 59.2 Å². The van der Waals surface area contributed by atoms with E-state index in [2.05, 4.69) is 0 Å². The fourth-order valence-corrected chi connectivity index (χ4v) is 4.59. The van der Waals surface area contributed by atoms with Crippen molar-refractivity contribution in [1.29, 1.82) is 0 Å². The molecule has 0 aliphatic rings. The van der Waals surface area contributed by atoms with Crippen molar-refractivity contribution in [3.63, 3.8) is 0 Å². The normalized spacial score (nSPS) is 14.6. The summed E-state index contributed by atoms with van der Waals surface area (Å²) in [5.41, 5.74) is -3.51. The van der Waals surface area contributed by atoms with Crippen LogP contribution in [-0.4, -0.2) is 28.8 Å². The molecule has 16 heteroatoms. The van der Waals surface area contributed by atoms with E-state index in [-0.39, 0.29) is 43.5 Å². The molecule has 0 heterocycles. The van der Waals surface area contributed by atoms with Crippen LogP contribution in [0.25, 0.3) is 5.83 Å². The number of nitrogens with one attached hydrogen (secondary N) is 1. The first-order valence-electron chi connectivity index (χ1n) is 10.8. The third-order valence-electron chi connectivity index (χ3n) is 5.33. The van der Waals surface area contributed by atoms with Gasteiger partial charge in [0.15, 0.2) is 0 Å². The number of rotatable bonds is 8. The summed E-state index contributed by atoms with van der Waals surface area (Å²) >= 11 is 27.2. The van der Waals surface area contributed by atoms with Crippen molar-refractivity contribution in [2.45, 2.75) is 37.8 Å². The first-order valence-corrected chi connectivity index (χ1v) is 12.7. The van der Waals surface area contributed by atoms with Crippen molar-refractivity contribution in [2.75, 3.05) is 6.54 Å². The fraction of sp³-hybridized carbons (Fsp3) is 0.333. The molecule has 0 bridgehead atoms. The van der Waals surface area contributed by atoms with Crippen molar-refractivity contribution in [1.82, 2.24) is 5.32 Å². The lowest BCUT2D eigenvalue weighted by Gasteiger charge is -2.20. The highest BCUT2D eigenvalue weighted by molar-refractivity contribution is 7.81. The second kappa shape index (κ2) is 13.1. The number of halogens is 13. The molecular weight excluding hydrogens is 663 g/mol. The lowest BCUT2D eigenvalue weighted by molar-refractivity contribution is -0.140. The van der Waals surface area contributed by atoms with Crippen molar-refractivity contribution < 1.29 is 43.9 Å². The highest BCUT2D eigenvalue weighted by atomic mass is 35.5. The van der Waals surface area contributed by atoms with Crippen LogP contribution in [0.4, 0.5) is 43.9 Å². The van der Waals surface area contributed by atoms with Gasteiger partial charge in [-0.1, -0.05) is 78.3 Å². The van der Waals surface area contributed by atoms with Gasteiger partial charge in [0.05, 0.1) is 25.6 Å². The molecular formula is C24H16Cl3F10NS2. The molecule has 0 saturated heterocycles. The molecule has 0 radical (unpaired) electrons. The van der Waals surface area contributed by atoms with E-state index >= 15 is 4.39 Å². The van der Waals surface area contributed by atoms with E-state index in [1.165, 1.54) is 6.92 Å². The molecule has 220 valence electrons. The van der Waals surface area contributed by atoms with E-state index in [1.807, 2.05) is 5.32 Å². The maximum atomic E-state index is 15.0. The SMILES string of the molecule is C[C@@H](CC(=S)c1ccc(/C(F)=C/C(c2cc(Cl)c(Cl)c(Cl)c2)C(F)(F)F)cc1C(F)(F)F)C(=S)NCC(F)(F)F. The minimum atomic E-state index is -5.12. The van der Waals surface area contributed by atoms with E-state index in [1.54, 1.807) is 0 Å². The number of allylic oxidation sites excluding steroid dienone is 1. The number of thiocarbonyl (C=S) groups is 2. The Labute approximate surface area is 247 Å². The maximum absolute atomic E-state index is 15.0. The largest absolute Gasteiger partial charge is 0.417 e. The highest BCUT2D eigenvalue weighted by Gasteiger charge is 2.41. The number of hydrogen-bond acceptors (Lipinski definition) is 2. The van der Waals surface area contributed by atoms with Gasteiger partial charge in [-0.3, -0.25) is 0 Å². The van der Waals surface area contributed by atoms with E-state index in [4.69, 9.17) is 59.2 Å². The van der Waals surface area contributed by atoms with Crippen LogP contribution < -0.4 is 5.32 Å². The maximum Gasteiger partial charge on any atom is 0.417 e. The Morgan fingerprint density at radius 1 is 0.925 bits per heavy atom. The third-order valence-corrected chi connectivity index (χ3v) is 7.46. The van der Waals surface area contributed by atoms with Gasteiger partial charge >= 0.3 is 18.5 Å². The second-order valence-electron chi connectivity index (χ2n) is 8.45. The average molecular weight is 679 g/mol. The molecule has 0 fully saturated rings. The molecule has 1 unspecified atom stereocenters. The molecule has 0 aromatic heterocycles. The predicted octanol–water partition coefficient (Wildman–Crippen LogP) is 10.5. The monoisotopic (exact) mass is 677 g/mol. The quantitative estimate of drug-likeness (QED) is 0.129. The van der Waals surface area contributed by atoms with Gasteiger partial charge in [-0.2, -0.15) is 39.5 Å². The standard InChI is InChI=1S/C24H16Cl3F10NS2/c1-10(21(40)38-9-22(29,30)31)4-19(39)13-3-2-11(5-15(13)24(35,36)37)18(28)8-14(23(32,33)34)12-6-16(25)20(27)17(26)7-12/h2-3,5-8,10,14H,4,9H2,1H3,(H,38,40)/b18-8-/t10-,14?/m0/s1. The van der Waals surface area contributed by atoms with Crippen molar-refractivity contribution in [2.24, 2.45) is 5.92 Å². The zero-order valence-corrected chi connectivity index (χ0v) is 23.7. The average Bonchev–Trinajstić information content (AvgIpc) is 2.81. The summed E-state index contributed by atoms with van der Waals surface area (Å²) in [5.74, 6) is -5.19. The fourth-order valence-electron chi connectivity index (χ4n) is 3.39. The van der Waals surface area contributed by atoms with Crippen LogP contribution in [0.1, 0.15) is 41.5 Å². The summed E-state index contributed by atoms with van der Waals surface area (Å²) in [6, 6.07) is 3.45. The van der Waals surface area contributed by atoms with Gasteiger partial charge in [0.25, 0.3) is 0 Å². The molecule has 0 aliphatic carbocycles. The zero-order valence-electron chi connectivity index (χ0n) is 19.8. The Morgan fingerprint density at radius 3 is 1.95 bits per heavy atom. The molecule has 2 aromatic rings. The Morgan fingerprint density at radius 2 is 1.48 bits per heavy atom. The molecule has 40 heavy (non-hydrogen) atoms. The smallest absolute Gasteiger partial charge is 0.371 e. The van der Waals surface area contributed by atoms with Crippen molar-refractivity contribution >= 4 is 74.9 Å². The van der Waals surface area contributed by atoms with Crippen LogP contribution in [0, 0.1) is 5.92 Å². The Bertz CT molecular complexity index is 1280. The van der Waals surface area contributed by atoms with Crippen LogP contribution in [0.2, 0.25) is 15.1 Å². The van der Waals surface area contributed by atoms with Gasteiger partial charge in [0, 0.05) is 21.9 Å². The summed E-state index contributed by atoms with van der Waals surface area (Å²) in [5, 5.41) is 0.999. The van der Waals surface area contributed by atoms with Gasteiger partial charge in [-0.15, -0.1) is 0 Å². The molecule has 1 N–H and O–H groups in total. The van der Waals surface area contributed by atoms with Gasteiger partial charge in [0.2, 0.25) is 0 Å². The van der Waals surface area contributed by atoms with Crippen LogP contribution in [0.15, 0.2) is 36.4 Å². The minimum Gasteiger partial charge on any atom is -0.371 e. The van der Waals surface area contributed by atoms with E-state index in [0.717, 1.165) is 24.3 Å².